The molecule has 0 unspecified atom stereocenters. The molecule has 1 aliphatic carbocycles. The van der Waals surface area contributed by atoms with Crippen LogP contribution >= 0.6 is 0 Å². The third-order valence-electron chi connectivity index (χ3n) is 2.97. The van der Waals surface area contributed by atoms with E-state index in [-0.39, 0.29) is 12.6 Å². The summed E-state index contributed by atoms with van der Waals surface area (Å²) in [5.41, 5.74) is 6.51. The van der Waals surface area contributed by atoms with Gasteiger partial charge < -0.3 is 15.6 Å². The van der Waals surface area contributed by atoms with Crippen LogP contribution in [0, 0.1) is 0 Å². The van der Waals surface area contributed by atoms with E-state index >= 15 is 0 Å². The molecule has 1 aromatic rings. The maximum atomic E-state index is 8.90. The first kappa shape index (κ1) is 11.4. The summed E-state index contributed by atoms with van der Waals surface area (Å²) in [5.74, 6) is 0.654. The number of ether oxygens (including phenoxy) is 1. The Balaban J connectivity index is 1.96. The Hall–Kier alpha value is -1.13. The lowest BCUT2D eigenvalue weighted by Gasteiger charge is -2.13. The Morgan fingerprint density at radius 3 is 2.75 bits per heavy atom. The smallest absolute Gasteiger partial charge is 0.213 e. The second-order valence-electron chi connectivity index (χ2n) is 4.24. The molecule has 0 radical (unpaired) electrons. The lowest BCUT2D eigenvalue weighted by Crippen LogP contribution is -2.15. The highest BCUT2D eigenvalue weighted by atomic mass is 16.5. The fourth-order valence-electron chi connectivity index (χ4n) is 1.96. The molecule has 88 valence electrons. The molecular weight excluding hydrogens is 204 g/mol. The van der Waals surface area contributed by atoms with E-state index in [0.29, 0.717) is 12.0 Å². The van der Waals surface area contributed by atoms with Crippen molar-refractivity contribution in [3.63, 3.8) is 0 Å². The third-order valence-corrected chi connectivity index (χ3v) is 2.97. The monoisotopic (exact) mass is 222 g/mol. The van der Waals surface area contributed by atoms with Gasteiger partial charge in [-0.25, -0.2) is 4.98 Å². The molecule has 3 N–H and O–H groups in total. The molecule has 1 heterocycles. The molecule has 4 heteroatoms. The minimum atomic E-state index is -0.354. The lowest BCUT2D eigenvalue weighted by atomic mass is 10.1. The summed E-state index contributed by atoms with van der Waals surface area (Å²) in [5, 5.41) is 8.90. The van der Waals surface area contributed by atoms with Crippen molar-refractivity contribution in [3.05, 3.63) is 23.9 Å². The molecule has 16 heavy (non-hydrogen) atoms. The summed E-state index contributed by atoms with van der Waals surface area (Å²) in [6.07, 6.45) is 6.74. The second kappa shape index (κ2) is 5.27. The van der Waals surface area contributed by atoms with E-state index in [1.54, 1.807) is 6.20 Å². The molecular formula is C12H18N2O2. The third kappa shape index (κ3) is 2.71. The Morgan fingerprint density at radius 2 is 2.19 bits per heavy atom. The van der Waals surface area contributed by atoms with E-state index in [1.165, 1.54) is 12.8 Å². The zero-order valence-electron chi connectivity index (χ0n) is 9.30. The van der Waals surface area contributed by atoms with Crippen LogP contribution in [-0.4, -0.2) is 22.8 Å². The van der Waals surface area contributed by atoms with E-state index in [4.69, 9.17) is 15.6 Å². The molecule has 4 nitrogen and oxygen atoms in total. The van der Waals surface area contributed by atoms with Crippen molar-refractivity contribution in [3.8, 4) is 5.88 Å². The first-order valence-electron chi connectivity index (χ1n) is 5.78. The Morgan fingerprint density at radius 1 is 1.44 bits per heavy atom. The van der Waals surface area contributed by atoms with Crippen LogP contribution in [0.1, 0.15) is 37.3 Å². The number of nitrogens with zero attached hydrogens (tertiary/aromatic N) is 1. The Labute approximate surface area is 95.4 Å². The predicted molar refractivity (Wildman–Crippen MR) is 61.1 cm³/mol. The van der Waals surface area contributed by atoms with Gasteiger partial charge in [0.25, 0.3) is 0 Å². The molecule has 1 saturated carbocycles. The molecule has 0 bridgehead atoms. The number of aliphatic hydroxyl groups excluding tert-OH is 1. The van der Waals surface area contributed by atoms with E-state index in [0.717, 1.165) is 18.4 Å². The maximum Gasteiger partial charge on any atom is 0.213 e. The van der Waals surface area contributed by atoms with Crippen LogP contribution in [0.3, 0.4) is 0 Å². The van der Waals surface area contributed by atoms with Gasteiger partial charge in [-0.3, -0.25) is 0 Å². The van der Waals surface area contributed by atoms with Crippen LogP contribution in [0.5, 0.6) is 5.88 Å². The summed E-state index contributed by atoms with van der Waals surface area (Å²) < 4.78 is 5.73. The number of rotatable bonds is 4. The molecule has 0 aromatic carbocycles. The van der Waals surface area contributed by atoms with Crippen LogP contribution in [0.4, 0.5) is 0 Å². The average molecular weight is 222 g/mol. The summed E-state index contributed by atoms with van der Waals surface area (Å²) in [7, 11) is 0. The molecule has 0 amide bonds. The number of nitrogens with two attached hydrogens (primary N) is 1. The Kier molecular flexibility index (Phi) is 3.74. The predicted octanol–water partition coefficient (Wildman–Crippen LogP) is 1.40. The van der Waals surface area contributed by atoms with Gasteiger partial charge in [0.05, 0.1) is 12.6 Å². The van der Waals surface area contributed by atoms with Crippen LogP contribution in [-0.2, 0) is 0 Å². The van der Waals surface area contributed by atoms with Crippen LogP contribution < -0.4 is 10.5 Å². The minimum Gasteiger partial charge on any atom is -0.474 e. The van der Waals surface area contributed by atoms with E-state index in [1.807, 2.05) is 12.1 Å². The normalized spacial score (nSPS) is 18.6. The van der Waals surface area contributed by atoms with Gasteiger partial charge in [0.1, 0.15) is 6.10 Å². The largest absolute Gasteiger partial charge is 0.474 e. The maximum absolute atomic E-state index is 8.90. The van der Waals surface area contributed by atoms with Crippen LogP contribution in [0.15, 0.2) is 18.3 Å². The second-order valence-corrected chi connectivity index (χ2v) is 4.24. The fourth-order valence-corrected chi connectivity index (χ4v) is 1.96. The van der Waals surface area contributed by atoms with Gasteiger partial charge in [0, 0.05) is 12.3 Å². The van der Waals surface area contributed by atoms with Gasteiger partial charge in [0.15, 0.2) is 0 Å². The summed E-state index contributed by atoms with van der Waals surface area (Å²) in [6, 6.07) is 3.33. The number of hydrogen-bond acceptors (Lipinski definition) is 4. The molecule has 1 fully saturated rings. The summed E-state index contributed by atoms with van der Waals surface area (Å²) in [4.78, 5) is 4.20. The zero-order chi connectivity index (χ0) is 11.4. The van der Waals surface area contributed by atoms with Crippen molar-refractivity contribution in [2.24, 2.45) is 5.73 Å². The van der Waals surface area contributed by atoms with Crippen LogP contribution in [0.25, 0.3) is 0 Å². The average Bonchev–Trinajstić information content (AvgIpc) is 2.82. The highest BCUT2D eigenvalue weighted by molar-refractivity contribution is 5.20. The van der Waals surface area contributed by atoms with E-state index < -0.39 is 0 Å². The van der Waals surface area contributed by atoms with Gasteiger partial charge in [-0.2, -0.15) is 0 Å². The van der Waals surface area contributed by atoms with Crippen LogP contribution in [0.2, 0.25) is 0 Å². The van der Waals surface area contributed by atoms with Gasteiger partial charge in [-0.05, 0) is 31.2 Å². The standard InChI is InChI=1S/C12H18N2O2/c13-11(8-15)9-5-6-12(14-7-9)16-10-3-1-2-4-10/h5-7,10-11,15H,1-4,8,13H2/t11-/m0/s1. The molecule has 1 atom stereocenters. The molecule has 0 saturated heterocycles. The quantitative estimate of drug-likeness (QED) is 0.808. The molecule has 2 rings (SSSR count). The molecule has 0 spiro atoms. The highest BCUT2D eigenvalue weighted by Gasteiger charge is 2.17. The minimum absolute atomic E-state index is 0.0650. The van der Waals surface area contributed by atoms with E-state index in [2.05, 4.69) is 4.98 Å². The van der Waals surface area contributed by atoms with Gasteiger partial charge >= 0.3 is 0 Å². The van der Waals surface area contributed by atoms with Gasteiger partial charge in [0.2, 0.25) is 5.88 Å². The summed E-state index contributed by atoms with van der Waals surface area (Å²) in [6.45, 7) is -0.0650. The van der Waals surface area contributed by atoms with Crippen molar-refractivity contribution >= 4 is 0 Å². The van der Waals surface area contributed by atoms with Crippen molar-refractivity contribution < 1.29 is 9.84 Å². The topological polar surface area (TPSA) is 68.4 Å². The lowest BCUT2D eigenvalue weighted by molar-refractivity contribution is 0.201. The Bertz CT molecular complexity index is 320. The highest BCUT2D eigenvalue weighted by Crippen LogP contribution is 2.23. The summed E-state index contributed by atoms with van der Waals surface area (Å²) >= 11 is 0. The fraction of sp³-hybridized carbons (Fsp3) is 0.583. The molecule has 0 aliphatic heterocycles. The number of pyridine rings is 1. The van der Waals surface area contributed by atoms with Crippen molar-refractivity contribution in [2.75, 3.05) is 6.61 Å². The van der Waals surface area contributed by atoms with Gasteiger partial charge in [-0.15, -0.1) is 0 Å². The van der Waals surface area contributed by atoms with Gasteiger partial charge in [-0.1, -0.05) is 6.07 Å². The first-order chi connectivity index (χ1) is 7.79. The molecule has 1 aliphatic rings. The first-order valence-corrected chi connectivity index (χ1v) is 5.78. The molecule has 1 aromatic heterocycles. The SMILES string of the molecule is N[C@@H](CO)c1ccc(OC2CCCC2)nc1. The van der Waals surface area contributed by atoms with Crippen molar-refractivity contribution in [1.82, 2.24) is 4.98 Å². The van der Waals surface area contributed by atoms with Crippen molar-refractivity contribution in [2.45, 2.75) is 37.8 Å². The zero-order valence-corrected chi connectivity index (χ0v) is 9.30. The number of aromatic nitrogens is 1. The number of hydrogen-bond donors (Lipinski definition) is 2. The van der Waals surface area contributed by atoms with E-state index in [9.17, 15) is 0 Å². The van der Waals surface area contributed by atoms with Crippen molar-refractivity contribution in [1.29, 1.82) is 0 Å². The number of aliphatic hydroxyl groups is 1.